The van der Waals surface area contributed by atoms with E-state index in [0.717, 1.165) is 43.0 Å². The predicted octanol–water partition coefficient (Wildman–Crippen LogP) is 2.73. The lowest BCUT2D eigenvalue weighted by Gasteiger charge is -2.37. The average Bonchev–Trinajstić information content (AvgIpc) is 2.78. The first-order valence-electron chi connectivity index (χ1n) is 10.2. The van der Waals surface area contributed by atoms with Gasteiger partial charge in [0.05, 0.1) is 11.0 Å². The Morgan fingerprint density at radius 1 is 1.07 bits per heavy atom. The molecule has 0 atom stereocenters. The summed E-state index contributed by atoms with van der Waals surface area (Å²) in [5, 5.41) is 19.0. The van der Waals surface area contributed by atoms with Crippen molar-refractivity contribution in [2.24, 2.45) is 0 Å². The van der Waals surface area contributed by atoms with Crippen LogP contribution in [-0.4, -0.2) is 57.2 Å². The Labute approximate surface area is 175 Å². The van der Waals surface area contributed by atoms with Crippen molar-refractivity contribution in [1.82, 2.24) is 14.9 Å². The molecule has 0 bridgehead atoms. The highest BCUT2D eigenvalue weighted by atomic mass is 16.5. The van der Waals surface area contributed by atoms with Crippen LogP contribution >= 0.6 is 0 Å². The number of carbonyl (C=O) groups excluding carboxylic acids is 1. The Balaban J connectivity index is 1.74. The van der Waals surface area contributed by atoms with Crippen LogP contribution in [0.4, 0.5) is 5.82 Å². The molecule has 0 saturated carbocycles. The lowest BCUT2D eigenvalue weighted by molar-refractivity contribution is -0.129. The van der Waals surface area contributed by atoms with E-state index >= 15 is 0 Å². The molecule has 1 fully saturated rings. The Hall–Kier alpha value is -3.03. The van der Waals surface area contributed by atoms with E-state index in [-0.39, 0.29) is 11.9 Å². The van der Waals surface area contributed by atoms with Crippen LogP contribution in [0.5, 0.6) is 0 Å². The van der Waals surface area contributed by atoms with Gasteiger partial charge in [-0.3, -0.25) is 4.79 Å². The Kier molecular flexibility index (Phi) is 5.65. The number of rotatable bonds is 4. The van der Waals surface area contributed by atoms with Gasteiger partial charge in [0.15, 0.2) is 12.1 Å². The highest BCUT2D eigenvalue weighted by Crippen LogP contribution is 2.32. The topological polar surface area (TPSA) is 89.8 Å². The molecule has 30 heavy (non-hydrogen) atoms. The summed E-state index contributed by atoms with van der Waals surface area (Å²) in [4.78, 5) is 25.5. The molecule has 1 amide bonds. The smallest absolute Gasteiger partial charge is 0.219 e. The maximum atomic E-state index is 11.7. The second-order valence-electron chi connectivity index (χ2n) is 7.73. The molecule has 156 valence electrons. The van der Waals surface area contributed by atoms with Gasteiger partial charge in [0.2, 0.25) is 5.91 Å². The average molecular weight is 406 g/mol. The number of aliphatic hydroxyl groups excluding tert-OH is 1. The largest absolute Gasteiger partial charge is 0.364 e. The fraction of sp³-hybridized carbons (Fsp3) is 0.348. The van der Waals surface area contributed by atoms with Crippen molar-refractivity contribution >= 4 is 22.8 Å². The van der Waals surface area contributed by atoms with Crippen molar-refractivity contribution in [3.05, 3.63) is 54.1 Å². The second kappa shape index (κ2) is 8.38. The molecule has 1 aliphatic heterocycles. The molecule has 0 aliphatic carbocycles. The molecular weight excluding hydrogens is 380 g/mol. The molecule has 0 unspecified atom stereocenters. The standard InChI is InChI=1S/C23H26N4O3/c1-15(28)26(2)18-10-12-27(13-11-18)22-21(16-6-4-3-5-7-16)24-19-9-8-17(23(29)30)14-20(19)25-22/h3-9,14,18,23,29-30H,10-13H2,1-2H3. The van der Waals surface area contributed by atoms with Crippen molar-refractivity contribution in [1.29, 1.82) is 0 Å². The summed E-state index contributed by atoms with van der Waals surface area (Å²) in [7, 11) is 1.86. The van der Waals surface area contributed by atoms with E-state index in [1.807, 2.05) is 42.3 Å². The minimum Gasteiger partial charge on any atom is -0.364 e. The molecule has 0 spiro atoms. The van der Waals surface area contributed by atoms with Crippen LogP contribution in [0.3, 0.4) is 0 Å². The zero-order valence-corrected chi connectivity index (χ0v) is 17.2. The summed E-state index contributed by atoms with van der Waals surface area (Å²) in [6.07, 6.45) is 0.171. The molecule has 7 heteroatoms. The van der Waals surface area contributed by atoms with Gasteiger partial charge in [-0.1, -0.05) is 36.4 Å². The quantitative estimate of drug-likeness (QED) is 0.648. The number of benzene rings is 2. The first-order valence-corrected chi connectivity index (χ1v) is 10.2. The van der Waals surface area contributed by atoms with Gasteiger partial charge in [-0.2, -0.15) is 0 Å². The van der Waals surface area contributed by atoms with E-state index in [1.54, 1.807) is 25.1 Å². The number of fused-ring (bicyclic) bond motifs is 1. The van der Waals surface area contributed by atoms with Crippen molar-refractivity contribution in [2.75, 3.05) is 25.0 Å². The van der Waals surface area contributed by atoms with Gasteiger partial charge in [0, 0.05) is 44.2 Å². The fourth-order valence-electron chi connectivity index (χ4n) is 3.95. The summed E-state index contributed by atoms with van der Waals surface area (Å²) in [6, 6.07) is 15.3. The fourth-order valence-corrected chi connectivity index (χ4v) is 3.95. The summed E-state index contributed by atoms with van der Waals surface area (Å²) < 4.78 is 0. The van der Waals surface area contributed by atoms with E-state index in [1.165, 1.54) is 0 Å². The van der Waals surface area contributed by atoms with E-state index < -0.39 is 6.29 Å². The number of nitrogens with zero attached hydrogens (tertiary/aromatic N) is 4. The zero-order valence-electron chi connectivity index (χ0n) is 17.2. The zero-order chi connectivity index (χ0) is 21.3. The van der Waals surface area contributed by atoms with Gasteiger partial charge >= 0.3 is 0 Å². The molecular formula is C23H26N4O3. The Bertz CT molecular complexity index is 1050. The molecule has 4 rings (SSSR count). The Morgan fingerprint density at radius 3 is 2.40 bits per heavy atom. The number of aromatic nitrogens is 2. The molecule has 3 aromatic rings. The number of hydrogen-bond acceptors (Lipinski definition) is 6. The van der Waals surface area contributed by atoms with E-state index in [0.29, 0.717) is 16.6 Å². The van der Waals surface area contributed by atoms with Crippen LogP contribution < -0.4 is 4.90 Å². The molecule has 7 nitrogen and oxygen atoms in total. The van der Waals surface area contributed by atoms with Gasteiger partial charge in [-0.05, 0) is 25.0 Å². The first kappa shape index (κ1) is 20.3. The summed E-state index contributed by atoms with van der Waals surface area (Å²) >= 11 is 0. The number of aliphatic hydroxyl groups is 2. The SMILES string of the molecule is CC(=O)N(C)C1CCN(c2nc3cc(C(O)O)ccc3nc2-c2ccccc2)CC1. The normalized spacial score (nSPS) is 15.0. The van der Waals surface area contributed by atoms with Crippen molar-refractivity contribution in [3.63, 3.8) is 0 Å². The summed E-state index contributed by atoms with van der Waals surface area (Å²) in [5.74, 6) is 0.862. The molecule has 1 aliphatic rings. The minimum atomic E-state index is -1.55. The third-order valence-corrected chi connectivity index (χ3v) is 5.82. The number of piperidine rings is 1. The Morgan fingerprint density at radius 2 is 1.77 bits per heavy atom. The number of hydrogen-bond donors (Lipinski definition) is 2. The molecule has 0 radical (unpaired) electrons. The lowest BCUT2D eigenvalue weighted by Crippen LogP contribution is -2.45. The number of carbonyl (C=O) groups is 1. The summed E-state index contributed by atoms with van der Waals surface area (Å²) in [6.45, 7) is 3.14. The second-order valence-corrected chi connectivity index (χ2v) is 7.73. The third-order valence-electron chi connectivity index (χ3n) is 5.82. The molecule has 2 N–H and O–H groups in total. The third kappa shape index (κ3) is 3.99. The number of anilines is 1. The first-order chi connectivity index (χ1) is 14.4. The number of amides is 1. The van der Waals surface area contributed by atoms with Gasteiger partial charge < -0.3 is 20.0 Å². The molecule has 1 saturated heterocycles. The van der Waals surface area contributed by atoms with Crippen LogP contribution in [0.1, 0.15) is 31.6 Å². The van der Waals surface area contributed by atoms with Crippen molar-refractivity contribution in [3.8, 4) is 11.3 Å². The van der Waals surface area contributed by atoms with Gasteiger partial charge in [-0.15, -0.1) is 0 Å². The van der Waals surface area contributed by atoms with Gasteiger partial charge in [0.1, 0.15) is 5.69 Å². The van der Waals surface area contributed by atoms with Crippen LogP contribution in [0, 0.1) is 0 Å². The molecule has 2 heterocycles. The highest BCUT2D eigenvalue weighted by molar-refractivity contribution is 5.84. The van der Waals surface area contributed by atoms with Crippen LogP contribution in [0.15, 0.2) is 48.5 Å². The lowest BCUT2D eigenvalue weighted by atomic mass is 10.0. The predicted molar refractivity (Wildman–Crippen MR) is 116 cm³/mol. The van der Waals surface area contributed by atoms with Crippen LogP contribution in [-0.2, 0) is 4.79 Å². The minimum absolute atomic E-state index is 0.0824. The maximum absolute atomic E-state index is 11.7. The summed E-state index contributed by atoms with van der Waals surface area (Å²) in [5.41, 5.74) is 3.50. The van der Waals surface area contributed by atoms with Crippen molar-refractivity contribution < 1.29 is 15.0 Å². The highest BCUT2D eigenvalue weighted by Gasteiger charge is 2.27. The van der Waals surface area contributed by atoms with Crippen molar-refractivity contribution in [2.45, 2.75) is 32.1 Å². The van der Waals surface area contributed by atoms with Gasteiger partial charge in [0.25, 0.3) is 0 Å². The van der Waals surface area contributed by atoms with Crippen LogP contribution in [0.2, 0.25) is 0 Å². The van der Waals surface area contributed by atoms with Crippen LogP contribution in [0.25, 0.3) is 22.3 Å². The van der Waals surface area contributed by atoms with Gasteiger partial charge in [-0.25, -0.2) is 9.97 Å². The molecule has 2 aromatic carbocycles. The maximum Gasteiger partial charge on any atom is 0.219 e. The van der Waals surface area contributed by atoms with E-state index in [9.17, 15) is 15.0 Å². The van der Waals surface area contributed by atoms with E-state index in [2.05, 4.69) is 4.90 Å². The van der Waals surface area contributed by atoms with E-state index in [4.69, 9.17) is 9.97 Å². The monoisotopic (exact) mass is 406 g/mol. The molecule has 1 aromatic heterocycles.